The molecule has 0 spiro atoms. The first-order chi connectivity index (χ1) is 14.5. The molecule has 1 saturated heterocycles. The van der Waals surface area contributed by atoms with Gasteiger partial charge in [-0.1, -0.05) is 13.8 Å². The monoisotopic (exact) mass is 475 g/mol. The summed E-state index contributed by atoms with van der Waals surface area (Å²) >= 11 is 5.93. The number of fused-ring (bicyclic) bond motifs is 1. The first-order valence-electron chi connectivity index (χ1n) is 9.71. The van der Waals surface area contributed by atoms with Gasteiger partial charge < -0.3 is 9.26 Å². The number of ether oxygens (including phenoxy) is 1. The topological polar surface area (TPSA) is 135 Å². The SMILES string of the molecule is CC(C)C(=O)Nc1nc2c(ncn2C2CN(C)C[C@@H](CO[P@@](=O)(Cl)N(C)C)O2)c(=O)[nH]1. The van der Waals surface area contributed by atoms with Crippen LogP contribution in [0.4, 0.5) is 5.95 Å². The highest BCUT2D eigenvalue weighted by Crippen LogP contribution is 2.54. The number of amides is 1. The fraction of sp³-hybridized carbons (Fsp3) is 0.647. The first kappa shape index (κ1) is 23.8. The van der Waals surface area contributed by atoms with Crippen LogP contribution in [0, 0.1) is 5.92 Å². The zero-order valence-corrected chi connectivity index (χ0v) is 19.7. The molecule has 3 rings (SSSR count). The number of anilines is 1. The molecule has 172 valence electrons. The molecule has 14 heteroatoms. The summed E-state index contributed by atoms with van der Waals surface area (Å²) in [6.45, 7) is 1.12. The van der Waals surface area contributed by atoms with Crippen LogP contribution >= 0.6 is 18.1 Å². The molecule has 3 atom stereocenters. The minimum Gasteiger partial charge on any atom is -0.350 e. The average molecular weight is 476 g/mol. The summed E-state index contributed by atoms with van der Waals surface area (Å²) in [5, 5.41) is 2.59. The van der Waals surface area contributed by atoms with Gasteiger partial charge in [-0.3, -0.25) is 33.9 Å². The molecule has 3 heterocycles. The molecule has 0 aliphatic carbocycles. The lowest BCUT2D eigenvalue weighted by atomic mass is 10.2. The highest BCUT2D eigenvalue weighted by molar-refractivity contribution is 7.83. The van der Waals surface area contributed by atoms with Crippen LogP contribution < -0.4 is 10.9 Å². The van der Waals surface area contributed by atoms with Crippen molar-refractivity contribution in [3.8, 4) is 0 Å². The molecule has 2 aromatic heterocycles. The molecule has 0 saturated carbocycles. The second-order valence-corrected chi connectivity index (χ2v) is 11.2. The Kier molecular flexibility index (Phi) is 7.19. The number of hydrogen-bond acceptors (Lipinski definition) is 8. The number of aromatic amines is 1. The zero-order chi connectivity index (χ0) is 22.9. The Bertz CT molecular complexity index is 1060. The van der Waals surface area contributed by atoms with E-state index in [1.165, 1.54) is 11.0 Å². The fourth-order valence-corrected chi connectivity index (χ4v) is 3.74. The van der Waals surface area contributed by atoms with E-state index in [-0.39, 0.29) is 35.5 Å². The minimum atomic E-state index is -3.41. The quantitative estimate of drug-likeness (QED) is 0.570. The molecular weight excluding hydrogens is 449 g/mol. The van der Waals surface area contributed by atoms with Crippen molar-refractivity contribution in [1.29, 1.82) is 0 Å². The van der Waals surface area contributed by atoms with Crippen LogP contribution in [-0.4, -0.2) is 81.9 Å². The largest absolute Gasteiger partial charge is 0.362 e. The molecule has 2 aromatic rings. The summed E-state index contributed by atoms with van der Waals surface area (Å²) in [6.07, 6.45) is 0.513. The second-order valence-electron chi connectivity index (χ2n) is 7.91. The predicted octanol–water partition coefficient (Wildman–Crippen LogP) is 1.47. The summed E-state index contributed by atoms with van der Waals surface area (Å²) < 4.78 is 26.7. The van der Waals surface area contributed by atoms with Crippen LogP contribution in [0.25, 0.3) is 11.2 Å². The maximum absolute atomic E-state index is 12.4. The lowest BCUT2D eigenvalue weighted by Gasteiger charge is -2.36. The zero-order valence-electron chi connectivity index (χ0n) is 18.0. The summed E-state index contributed by atoms with van der Waals surface area (Å²) in [7, 11) is 5.05. The highest BCUT2D eigenvalue weighted by Gasteiger charge is 2.32. The molecule has 1 aliphatic heterocycles. The van der Waals surface area contributed by atoms with Crippen LogP contribution in [0.5, 0.6) is 0 Å². The Morgan fingerprint density at radius 3 is 2.84 bits per heavy atom. The van der Waals surface area contributed by atoms with Crippen LogP contribution in [0.15, 0.2) is 11.1 Å². The number of carbonyl (C=O) groups excluding carboxylic acids is 1. The Hall–Kier alpha value is -1.82. The highest BCUT2D eigenvalue weighted by atomic mass is 35.7. The predicted molar refractivity (Wildman–Crippen MR) is 116 cm³/mol. The summed E-state index contributed by atoms with van der Waals surface area (Å²) in [6, 6.07) is 0. The van der Waals surface area contributed by atoms with Gasteiger partial charge in [-0.15, -0.1) is 0 Å². The number of likely N-dealkylation sites (N-methyl/N-ethyl adjacent to an activating group) is 1. The van der Waals surface area contributed by atoms with Crippen molar-refractivity contribution in [2.24, 2.45) is 5.92 Å². The number of imidazole rings is 1. The number of H-pyrrole nitrogens is 1. The Morgan fingerprint density at radius 2 is 2.19 bits per heavy atom. The van der Waals surface area contributed by atoms with Gasteiger partial charge in [0.2, 0.25) is 11.9 Å². The third kappa shape index (κ3) is 5.51. The van der Waals surface area contributed by atoms with E-state index in [2.05, 4.69) is 20.3 Å². The van der Waals surface area contributed by atoms with E-state index in [4.69, 9.17) is 20.5 Å². The van der Waals surface area contributed by atoms with Crippen molar-refractivity contribution in [3.63, 3.8) is 0 Å². The Labute approximate surface area is 184 Å². The maximum atomic E-state index is 12.4. The minimum absolute atomic E-state index is 0.0239. The first-order valence-corrected chi connectivity index (χ1v) is 12.2. The van der Waals surface area contributed by atoms with Crippen molar-refractivity contribution >= 4 is 41.1 Å². The number of rotatable bonds is 7. The van der Waals surface area contributed by atoms with E-state index < -0.39 is 24.8 Å². The molecule has 2 N–H and O–H groups in total. The van der Waals surface area contributed by atoms with Crippen molar-refractivity contribution in [3.05, 3.63) is 16.7 Å². The van der Waals surface area contributed by atoms with Crippen molar-refractivity contribution in [2.45, 2.75) is 26.2 Å². The van der Waals surface area contributed by atoms with E-state index >= 15 is 0 Å². The van der Waals surface area contributed by atoms with E-state index in [1.807, 2.05) is 11.9 Å². The van der Waals surface area contributed by atoms with Gasteiger partial charge in [0.25, 0.3) is 5.56 Å². The number of nitrogens with zero attached hydrogens (tertiary/aromatic N) is 5. The van der Waals surface area contributed by atoms with Gasteiger partial charge in [-0.25, -0.2) is 9.65 Å². The van der Waals surface area contributed by atoms with Gasteiger partial charge in [-0.2, -0.15) is 4.98 Å². The molecule has 1 aliphatic rings. The van der Waals surface area contributed by atoms with E-state index in [0.29, 0.717) is 13.1 Å². The molecule has 0 aromatic carbocycles. The van der Waals surface area contributed by atoms with Crippen molar-refractivity contribution in [1.82, 2.24) is 29.1 Å². The molecule has 0 radical (unpaired) electrons. The van der Waals surface area contributed by atoms with E-state index in [9.17, 15) is 14.2 Å². The van der Waals surface area contributed by atoms with Gasteiger partial charge in [0, 0.05) is 19.0 Å². The third-order valence-corrected chi connectivity index (χ3v) is 7.36. The molecule has 0 bridgehead atoms. The van der Waals surface area contributed by atoms with Crippen LogP contribution in [0.1, 0.15) is 20.1 Å². The van der Waals surface area contributed by atoms with Gasteiger partial charge in [0.1, 0.15) is 6.23 Å². The van der Waals surface area contributed by atoms with Gasteiger partial charge in [0.15, 0.2) is 11.2 Å². The van der Waals surface area contributed by atoms with Gasteiger partial charge >= 0.3 is 6.87 Å². The lowest BCUT2D eigenvalue weighted by Crippen LogP contribution is -2.45. The molecule has 12 nitrogen and oxygen atoms in total. The number of hydrogen-bond donors (Lipinski definition) is 2. The smallest absolute Gasteiger partial charge is 0.350 e. The number of halogens is 1. The van der Waals surface area contributed by atoms with Gasteiger partial charge in [0.05, 0.1) is 19.0 Å². The molecule has 1 fully saturated rings. The summed E-state index contributed by atoms with van der Waals surface area (Å²) in [4.78, 5) is 37.4. The molecule has 1 unspecified atom stereocenters. The molecular formula is C17H27ClN7O5P. The standard InChI is InChI=1S/C17H27ClN7O5P/c1-10(2)15(26)21-17-20-14-13(16(27)22-17)19-9-25(14)12-7-24(5)6-11(30-12)8-29-31(18,28)23(3)4/h9-12H,6-8H2,1-5H3,(H2,20,21,22,26,27)/t11-,12?,31-/m0/s1. The second kappa shape index (κ2) is 9.35. The number of morpholine rings is 1. The third-order valence-electron chi connectivity index (χ3n) is 4.74. The Morgan fingerprint density at radius 1 is 1.48 bits per heavy atom. The molecule has 1 amide bonds. The normalized spacial score (nSPS) is 22.2. The fourth-order valence-electron chi connectivity index (χ4n) is 2.99. The van der Waals surface area contributed by atoms with Crippen molar-refractivity contribution in [2.75, 3.05) is 46.2 Å². The van der Waals surface area contributed by atoms with Crippen LogP contribution in [0.2, 0.25) is 0 Å². The van der Waals surface area contributed by atoms with Crippen molar-refractivity contribution < 1.29 is 18.6 Å². The van der Waals surface area contributed by atoms with E-state index in [1.54, 1.807) is 32.5 Å². The molecule has 31 heavy (non-hydrogen) atoms. The number of carbonyl (C=O) groups is 1. The summed E-state index contributed by atoms with van der Waals surface area (Å²) in [5.41, 5.74) is -0.0648. The van der Waals surface area contributed by atoms with Gasteiger partial charge in [-0.05, 0) is 32.4 Å². The lowest BCUT2D eigenvalue weighted by molar-refractivity contribution is -0.124. The average Bonchev–Trinajstić information content (AvgIpc) is 3.10. The van der Waals surface area contributed by atoms with E-state index in [0.717, 1.165) is 0 Å². The van der Waals surface area contributed by atoms with Crippen LogP contribution in [0.3, 0.4) is 0 Å². The summed E-state index contributed by atoms with van der Waals surface area (Å²) in [5.74, 6) is -0.510. The Balaban J connectivity index is 1.84. The number of nitrogens with one attached hydrogen (secondary N) is 2. The number of aromatic nitrogens is 4. The van der Waals surface area contributed by atoms with Crippen LogP contribution in [-0.2, 0) is 18.6 Å². The maximum Gasteiger partial charge on any atom is 0.362 e.